The molecule has 0 saturated carbocycles. The smallest absolute Gasteiger partial charge is 0.286 e. The van der Waals surface area contributed by atoms with E-state index in [1.165, 1.54) is 25.3 Å². The minimum Gasteiger partial charge on any atom is -0.493 e. The molecule has 1 aliphatic rings. The van der Waals surface area contributed by atoms with Gasteiger partial charge in [0.05, 0.1) is 18.1 Å². The Hall–Kier alpha value is -4.80. The van der Waals surface area contributed by atoms with Gasteiger partial charge in [-0.2, -0.15) is 0 Å². The maximum absolute atomic E-state index is 12.8. The largest absolute Gasteiger partial charge is 0.493 e. The van der Waals surface area contributed by atoms with Gasteiger partial charge in [0, 0.05) is 17.4 Å². The first kappa shape index (κ1) is 23.4. The SMILES string of the molecule is COc1ccccc1OCC(=O)Nc1cccc(NC(=O)c2cc3c(cc2[N+](=O)[O-])OCCO3)c1. The number of nitrogens with one attached hydrogen (secondary N) is 2. The topological polar surface area (TPSA) is 138 Å². The number of anilines is 2. The summed E-state index contributed by atoms with van der Waals surface area (Å²) in [4.78, 5) is 36.0. The molecule has 3 aromatic rings. The minimum atomic E-state index is -0.711. The summed E-state index contributed by atoms with van der Waals surface area (Å²) < 4.78 is 21.5. The number of hydrogen-bond acceptors (Lipinski definition) is 8. The van der Waals surface area contributed by atoms with Crippen LogP contribution >= 0.6 is 0 Å². The van der Waals surface area contributed by atoms with Crippen molar-refractivity contribution in [2.75, 3.05) is 37.6 Å². The molecule has 0 saturated heterocycles. The van der Waals surface area contributed by atoms with Crippen molar-refractivity contribution < 1.29 is 33.5 Å². The van der Waals surface area contributed by atoms with Gasteiger partial charge in [-0.25, -0.2) is 0 Å². The van der Waals surface area contributed by atoms with Crippen LogP contribution in [0.15, 0.2) is 60.7 Å². The van der Waals surface area contributed by atoms with E-state index in [0.717, 1.165) is 0 Å². The first-order chi connectivity index (χ1) is 16.9. The highest BCUT2D eigenvalue weighted by atomic mass is 16.6. The second-order valence-electron chi connectivity index (χ2n) is 7.29. The summed E-state index contributed by atoms with van der Waals surface area (Å²) in [6, 6.07) is 15.7. The van der Waals surface area contributed by atoms with Gasteiger partial charge in [-0.15, -0.1) is 0 Å². The number of para-hydroxylation sites is 2. The van der Waals surface area contributed by atoms with Gasteiger partial charge in [0.1, 0.15) is 18.8 Å². The Kier molecular flexibility index (Phi) is 6.96. The summed E-state index contributed by atoms with van der Waals surface area (Å²) in [5, 5.41) is 16.8. The third-order valence-corrected chi connectivity index (χ3v) is 4.93. The third kappa shape index (κ3) is 5.58. The van der Waals surface area contributed by atoms with Crippen LogP contribution in [-0.2, 0) is 4.79 Å². The molecule has 0 aromatic heterocycles. The number of hydrogen-bond donors (Lipinski definition) is 2. The van der Waals surface area contributed by atoms with E-state index >= 15 is 0 Å². The van der Waals surface area contributed by atoms with Crippen LogP contribution in [0.2, 0.25) is 0 Å². The Morgan fingerprint density at radius 2 is 1.60 bits per heavy atom. The van der Waals surface area contributed by atoms with Crippen molar-refractivity contribution in [3.8, 4) is 23.0 Å². The molecule has 4 rings (SSSR count). The minimum absolute atomic E-state index is 0.182. The molecule has 11 nitrogen and oxygen atoms in total. The molecule has 0 aliphatic carbocycles. The van der Waals surface area contributed by atoms with Gasteiger partial charge in [0.25, 0.3) is 17.5 Å². The normalized spacial score (nSPS) is 11.8. The first-order valence-corrected chi connectivity index (χ1v) is 10.5. The van der Waals surface area contributed by atoms with Crippen molar-refractivity contribution in [1.82, 2.24) is 0 Å². The van der Waals surface area contributed by atoms with Gasteiger partial charge in [-0.3, -0.25) is 19.7 Å². The zero-order chi connectivity index (χ0) is 24.8. The highest BCUT2D eigenvalue weighted by Crippen LogP contribution is 2.37. The van der Waals surface area contributed by atoms with Gasteiger partial charge in [0.2, 0.25) is 0 Å². The summed E-state index contributed by atoms with van der Waals surface area (Å²) in [7, 11) is 1.50. The molecule has 0 unspecified atom stereocenters. The van der Waals surface area contributed by atoms with Gasteiger partial charge in [0.15, 0.2) is 29.6 Å². The molecule has 1 heterocycles. The number of fused-ring (bicyclic) bond motifs is 1. The van der Waals surface area contributed by atoms with E-state index in [0.29, 0.717) is 22.9 Å². The van der Waals surface area contributed by atoms with Gasteiger partial charge >= 0.3 is 0 Å². The molecule has 2 N–H and O–H groups in total. The molecule has 0 bridgehead atoms. The van der Waals surface area contributed by atoms with Crippen molar-refractivity contribution in [2.24, 2.45) is 0 Å². The highest BCUT2D eigenvalue weighted by Gasteiger charge is 2.26. The first-order valence-electron chi connectivity index (χ1n) is 10.5. The number of carbonyl (C=O) groups excluding carboxylic acids is 2. The molecule has 180 valence electrons. The fourth-order valence-corrected chi connectivity index (χ4v) is 3.36. The Balaban J connectivity index is 1.43. The lowest BCUT2D eigenvalue weighted by molar-refractivity contribution is -0.385. The Bertz CT molecular complexity index is 1280. The number of benzene rings is 3. The Labute approximate surface area is 199 Å². The van der Waals surface area contributed by atoms with Crippen molar-refractivity contribution in [2.45, 2.75) is 0 Å². The molecule has 11 heteroatoms. The predicted molar refractivity (Wildman–Crippen MR) is 126 cm³/mol. The van der Waals surface area contributed by atoms with E-state index in [1.54, 1.807) is 42.5 Å². The standard InChI is InChI=1S/C24H21N3O8/c1-32-19-7-2-3-8-20(19)35-14-23(28)25-15-5-4-6-16(11-15)26-24(29)17-12-21-22(34-10-9-33-21)13-18(17)27(30)31/h2-8,11-13H,9-10,14H2,1H3,(H,25,28)(H,26,29). The molecule has 2 amide bonds. The fourth-order valence-electron chi connectivity index (χ4n) is 3.36. The van der Waals surface area contributed by atoms with E-state index in [9.17, 15) is 19.7 Å². The van der Waals surface area contributed by atoms with E-state index in [-0.39, 0.29) is 36.9 Å². The third-order valence-electron chi connectivity index (χ3n) is 4.93. The quantitative estimate of drug-likeness (QED) is 0.369. The second kappa shape index (κ2) is 10.4. The number of methoxy groups -OCH3 is 1. The lowest BCUT2D eigenvalue weighted by Crippen LogP contribution is -2.20. The summed E-state index contributed by atoms with van der Waals surface area (Å²) in [6.07, 6.45) is 0. The number of rotatable bonds is 8. The molecule has 0 radical (unpaired) electrons. The average molecular weight is 479 g/mol. The van der Waals surface area contributed by atoms with Gasteiger partial charge < -0.3 is 29.6 Å². The average Bonchev–Trinajstić information content (AvgIpc) is 2.87. The predicted octanol–water partition coefficient (Wildman–Crippen LogP) is 3.64. The van der Waals surface area contributed by atoms with Crippen molar-refractivity contribution >= 4 is 28.9 Å². The zero-order valence-electron chi connectivity index (χ0n) is 18.6. The maximum atomic E-state index is 12.8. The van der Waals surface area contributed by atoms with Crippen LogP contribution in [-0.4, -0.2) is 43.7 Å². The molecule has 0 atom stereocenters. The van der Waals surface area contributed by atoms with Crippen LogP contribution in [0.1, 0.15) is 10.4 Å². The molecule has 1 aliphatic heterocycles. The number of amides is 2. The zero-order valence-corrected chi connectivity index (χ0v) is 18.6. The fraction of sp³-hybridized carbons (Fsp3) is 0.167. The molecular formula is C24H21N3O8. The number of ether oxygens (including phenoxy) is 4. The summed E-state index contributed by atoms with van der Waals surface area (Å²) >= 11 is 0. The Morgan fingerprint density at radius 3 is 2.29 bits per heavy atom. The highest BCUT2D eigenvalue weighted by molar-refractivity contribution is 6.08. The monoisotopic (exact) mass is 479 g/mol. The molecule has 35 heavy (non-hydrogen) atoms. The number of nitrogens with zero attached hydrogens (tertiary/aromatic N) is 1. The van der Waals surface area contributed by atoms with Gasteiger partial charge in [-0.1, -0.05) is 18.2 Å². The number of nitro groups is 1. The lowest BCUT2D eigenvalue weighted by atomic mass is 10.1. The van der Waals surface area contributed by atoms with Crippen molar-refractivity contribution in [1.29, 1.82) is 0 Å². The van der Waals surface area contributed by atoms with E-state index in [4.69, 9.17) is 18.9 Å². The molecular weight excluding hydrogens is 458 g/mol. The number of carbonyl (C=O) groups is 2. The van der Waals surface area contributed by atoms with Crippen molar-refractivity contribution in [3.63, 3.8) is 0 Å². The lowest BCUT2D eigenvalue weighted by Gasteiger charge is -2.19. The van der Waals surface area contributed by atoms with E-state index < -0.39 is 22.4 Å². The number of nitro benzene ring substituents is 1. The van der Waals surface area contributed by atoms with Crippen LogP contribution in [0.5, 0.6) is 23.0 Å². The van der Waals surface area contributed by atoms with Crippen LogP contribution in [0.25, 0.3) is 0 Å². The van der Waals surface area contributed by atoms with Crippen LogP contribution in [0.3, 0.4) is 0 Å². The van der Waals surface area contributed by atoms with E-state index in [1.807, 2.05) is 0 Å². The molecule has 3 aromatic carbocycles. The van der Waals surface area contributed by atoms with Crippen LogP contribution in [0, 0.1) is 10.1 Å². The summed E-state index contributed by atoms with van der Waals surface area (Å²) in [5.74, 6) is 0.242. The van der Waals surface area contributed by atoms with E-state index in [2.05, 4.69) is 10.6 Å². The van der Waals surface area contributed by atoms with Crippen LogP contribution in [0.4, 0.5) is 17.1 Å². The van der Waals surface area contributed by atoms with Crippen LogP contribution < -0.4 is 29.6 Å². The Morgan fingerprint density at radius 1 is 0.943 bits per heavy atom. The second-order valence-corrected chi connectivity index (χ2v) is 7.29. The summed E-state index contributed by atoms with van der Waals surface area (Å²) in [5.41, 5.74) is 0.124. The summed E-state index contributed by atoms with van der Waals surface area (Å²) in [6.45, 7) is 0.271. The van der Waals surface area contributed by atoms with Gasteiger partial charge in [-0.05, 0) is 30.3 Å². The van der Waals surface area contributed by atoms with Crippen molar-refractivity contribution in [3.05, 3.63) is 76.3 Å². The molecule has 0 spiro atoms. The maximum Gasteiger partial charge on any atom is 0.286 e. The molecule has 0 fully saturated rings.